The van der Waals surface area contributed by atoms with E-state index >= 15 is 0 Å². The molecule has 3 heterocycles. The fraction of sp³-hybridized carbons (Fsp3) is 0.524. The number of rotatable bonds is 8. The van der Waals surface area contributed by atoms with E-state index in [0.29, 0.717) is 19.3 Å². The van der Waals surface area contributed by atoms with Crippen LogP contribution in [0.15, 0.2) is 22.6 Å². The van der Waals surface area contributed by atoms with E-state index in [1.165, 1.54) is 21.9 Å². The van der Waals surface area contributed by atoms with Gasteiger partial charge in [0.2, 0.25) is 18.2 Å². The number of ether oxygens (including phenoxy) is 1. The van der Waals surface area contributed by atoms with Crippen molar-refractivity contribution in [2.45, 2.75) is 37.0 Å². The van der Waals surface area contributed by atoms with Gasteiger partial charge in [0.05, 0.1) is 17.5 Å². The predicted molar refractivity (Wildman–Crippen MR) is 113 cm³/mol. The van der Waals surface area contributed by atoms with E-state index in [9.17, 15) is 27.2 Å². The number of nitrogens with zero attached hydrogens (tertiary/aromatic N) is 4. The molecular weight excluding hydrogens is 498 g/mol. The zero-order valence-electron chi connectivity index (χ0n) is 18.3. The van der Waals surface area contributed by atoms with Crippen molar-refractivity contribution >= 4 is 23.9 Å². The highest BCUT2D eigenvalue weighted by Gasteiger charge is 2.40. The highest BCUT2D eigenvalue weighted by molar-refractivity contribution is 6.30. The second kappa shape index (κ2) is 10.4. The molecule has 35 heavy (non-hydrogen) atoms. The number of piperidine rings is 1. The first-order valence-electron chi connectivity index (χ1n) is 10.8. The maximum absolute atomic E-state index is 13.5. The van der Waals surface area contributed by atoms with Crippen LogP contribution in [0.4, 0.5) is 17.6 Å². The number of likely N-dealkylation sites (tertiary alicyclic amines) is 2. The lowest BCUT2D eigenvalue weighted by Gasteiger charge is -2.37. The first-order valence-corrected chi connectivity index (χ1v) is 11.2. The van der Waals surface area contributed by atoms with Gasteiger partial charge in [0.25, 0.3) is 5.91 Å². The fourth-order valence-corrected chi connectivity index (χ4v) is 4.25. The van der Waals surface area contributed by atoms with E-state index in [1.54, 1.807) is 0 Å². The maximum atomic E-state index is 13.5. The molecule has 2 saturated heterocycles. The average molecular weight is 520 g/mol. The van der Waals surface area contributed by atoms with Crippen LogP contribution < -0.4 is 10.1 Å². The minimum Gasteiger partial charge on any atom is -0.484 e. The minimum atomic E-state index is -4.26. The summed E-state index contributed by atoms with van der Waals surface area (Å²) in [6.45, 7) is -0.803. The number of hydrogen-bond donors (Lipinski definition) is 1. The van der Waals surface area contributed by atoms with Crippen LogP contribution in [0.2, 0.25) is 5.02 Å². The summed E-state index contributed by atoms with van der Waals surface area (Å²) in [5.74, 6) is -0.781. The van der Waals surface area contributed by atoms with Crippen molar-refractivity contribution < 1.29 is 36.3 Å². The molecule has 2 aliphatic heterocycles. The lowest BCUT2D eigenvalue weighted by Crippen LogP contribution is -2.49. The van der Waals surface area contributed by atoms with Crippen LogP contribution in [0.25, 0.3) is 0 Å². The highest BCUT2D eigenvalue weighted by Crippen LogP contribution is 2.33. The van der Waals surface area contributed by atoms with E-state index in [4.69, 9.17) is 20.8 Å². The number of carbonyl (C=O) groups excluding carboxylic acids is 2. The van der Waals surface area contributed by atoms with Crippen LogP contribution in [0.5, 0.6) is 5.75 Å². The summed E-state index contributed by atoms with van der Waals surface area (Å²) in [6, 6.07) is 2.99. The molecule has 190 valence electrons. The lowest BCUT2D eigenvalue weighted by molar-refractivity contribution is -0.155. The van der Waals surface area contributed by atoms with Crippen LogP contribution >= 0.6 is 11.6 Å². The molecule has 0 unspecified atom stereocenters. The molecule has 9 nitrogen and oxygen atoms in total. The number of alkyl halides is 3. The van der Waals surface area contributed by atoms with Gasteiger partial charge in [0, 0.05) is 31.7 Å². The molecule has 0 spiro atoms. The van der Waals surface area contributed by atoms with Crippen molar-refractivity contribution in [3.8, 4) is 5.75 Å². The average Bonchev–Trinajstić information content (AvgIpc) is 3.25. The number of amides is 2. The van der Waals surface area contributed by atoms with Gasteiger partial charge in [-0.3, -0.25) is 14.5 Å². The smallest absolute Gasteiger partial charge is 0.401 e. The summed E-state index contributed by atoms with van der Waals surface area (Å²) >= 11 is 5.61. The molecule has 1 N–H and O–H groups in total. The van der Waals surface area contributed by atoms with Gasteiger partial charge in [0.1, 0.15) is 17.6 Å². The Kier molecular flexibility index (Phi) is 7.45. The third kappa shape index (κ3) is 6.40. The molecule has 14 heteroatoms. The monoisotopic (exact) mass is 519 g/mol. The van der Waals surface area contributed by atoms with E-state index in [1.807, 2.05) is 0 Å². The second-order valence-corrected chi connectivity index (χ2v) is 8.92. The van der Waals surface area contributed by atoms with Gasteiger partial charge in [-0.15, -0.1) is 10.2 Å². The Morgan fingerprint density at radius 1 is 1.23 bits per heavy atom. The largest absolute Gasteiger partial charge is 0.484 e. The SMILES string of the molecule is O=CN1C[C@@H](NC(=O)COc2ccc(Cl)c(F)c2)CC[C@@H]1c1nnc(C2CN(CC(F)(F)F)C2)o1. The number of benzene rings is 1. The number of aromatic nitrogens is 2. The van der Waals surface area contributed by atoms with E-state index in [-0.39, 0.29) is 60.8 Å². The van der Waals surface area contributed by atoms with Crippen molar-refractivity contribution in [3.05, 3.63) is 40.8 Å². The van der Waals surface area contributed by atoms with Gasteiger partial charge < -0.3 is 19.4 Å². The number of carbonyl (C=O) groups is 2. The Labute approximate surface area is 202 Å². The summed E-state index contributed by atoms with van der Waals surface area (Å²) in [6.07, 6.45) is -2.70. The quantitative estimate of drug-likeness (QED) is 0.423. The summed E-state index contributed by atoms with van der Waals surface area (Å²) in [5, 5.41) is 10.7. The van der Waals surface area contributed by atoms with Gasteiger partial charge >= 0.3 is 6.18 Å². The van der Waals surface area contributed by atoms with Gasteiger partial charge in [-0.2, -0.15) is 13.2 Å². The zero-order chi connectivity index (χ0) is 25.2. The normalized spacial score (nSPS) is 21.5. The molecule has 0 aliphatic carbocycles. The van der Waals surface area contributed by atoms with Gasteiger partial charge in [-0.25, -0.2) is 4.39 Å². The van der Waals surface area contributed by atoms with Gasteiger partial charge in [-0.1, -0.05) is 11.6 Å². The third-order valence-corrected chi connectivity index (χ3v) is 6.14. The number of hydrogen-bond acceptors (Lipinski definition) is 7. The van der Waals surface area contributed by atoms with Crippen molar-refractivity contribution in [2.24, 2.45) is 0 Å². The zero-order valence-corrected chi connectivity index (χ0v) is 19.1. The van der Waals surface area contributed by atoms with Crippen molar-refractivity contribution in [1.82, 2.24) is 25.3 Å². The Hall–Kier alpha value is -2.93. The summed E-state index contributed by atoms with van der Waals surface area (Å²) in [7, 11) is 0. The molecule has 0 saturated carbocycles. The van der Waals surface area contributed by atoms with Gasteiger partial charge in [-0.05, 0) is 25.0 Å². The maximum Gasteiger partial charge on any atom is 0.401 e. The van der Waals surface area contributed by atoms with Crippen molar-refractivity contribution in [1.29, 1.82) is 0 Å². The molecule has 0 radical (unpaired) electrons. The lowest BCUT2D eigenvalue weighted by atomic mass is 9.98. The number of nitrogens with one attached hydrogen (secondary N) is 1. The summed E-state index contributed by atoms with van der Waals surface area (Å²) in [5.41, 5.74) is 0. The second-order valence-electron chi connectivity index (χ2n) is 8.51. The molecule has 1 aromatic heterocycles. The van der Waals surface area contributed by atoms with Crippen LogP contribution in [-0.4, -0.2) is 77.3 Å². The molecule has 4 rings (SSSR count). The topological polar surface area (TPSA) is 101 Å². The first-order chi connectivity index (χ1) is 16.6. The third-order valence-electron chi connectivity index (χ3n) is 5.83. The van der Waals surface area contributed by atoms with E-state index in [2.05, 4.69) is 15.5 Å². The predicted octanol–water partition coefficient (Wildman–Crippen LogP) is 2.68. The molecule has 1 aromatic carbocycles. The van der Waals surface area contributed by atoms with Crippen LogP contribution in [-0.2, 0) is 9.59 Å². The van der Waals surface area contributed by atoms with Crippen LogP contribution in [0.1, 0.15) is 36.6 Å². The summed E-state index contributed by atoms with van der Waals surface area (Å²) < 4.78 is 61.8. The molecule has 2 aromatic rings. The molecule has 2 fully saturated rings. The molecule has 2 aliphatic rings. The molecule has 2 atom stereocenters. The molecule has 0 bridgehead atoms. The summed E-state index contributed by atoms with van der Waals surface area (Å²) in [4.78, 5) is 26.6. The van der Waals surface area contributed by atoms with Crippen LogP contribution in [0, 0.1) is 5.82 Å². The standard InChI is InChI=1S/C21H22ClF4N5O4/c22-15-3-2-14(5-16(15)23)34-9-18(33)27-13-1-4-17(31(8-13)11-32)20-29-28-19(35-20)12-6-30(7-12)10-21(24,25)26/h2-3,5,11-13,17H,1,4,6-10H2,(H,27,33)/t13-,17+/m0/s1. The minimum absolute atomic E-state index is 0.0583. The molecular formula is C21H22ClF4N5O4. The van der Waals surface area contributed by atoms with Crippen molar-refractivity contribution in [3.63, 3.8) is 0 Å². The molecule has 2 amide bonds. The Balaban J connectivity index is 1.26. The Bertz CT molecular complexity index is 1060. The van der Waals surface area contributed by atoms with Gasteiger partial charge in [0.15, 0.2) is 6.61 Å². The fourth-order valence-electron chi connectivity index (χ4n) is 4.14. The van der Waals surface area contributed by atoms with Crippen LogP contribution in [0.3, 0.4) is 0 Å². The van der Waals surface area contributed by atoms with E-state index in [0.717, 1.165) is 6.07 Å². The van der Waals surface area contributed by atoms with E-state index < -0.39 is 30.5 Å². The Morgan fingerprint density at radius 2 is 1.97 bits per heavy atom. The Morgan fingerprint density at radius 3 is 2.66 bits per heavy atom. The van der Waals surface area contributed by atoms with Crippen molar-refractivity contribution in [2.75, 3.05) is 32.8 Å². The first kappa shape index (κ1) is 25.2. The highest BCUT2D eigenvalue weighted by atomic mass is 35.5. The number of halogens is 5.